The predicted octanol–water partition coefficient (Wildman–Crippen LogP) is 6.82. The molecule has 0 bridgehead atoms. The van der Waals surface area contributed by atoms with E-state index in [-0.39, 0.29) is 0 Å². The van der Waals surface area contributed by atoms with Gasteiger partial charge in [0.1, 0.15) is 0 Å². The van der Waals surface area contributed by atoms with E-state index in [2.05, 4.69) is 84.2 Å². The van der Waals surface area contributed by atoms with E-state index in [0.717, 1.165) is 23.4 Å². The molecule has 142 valence electrons. The highest BCUT2D eigenvalue weighted by Gasteiger charge is 2.10. The zero-order valence-electron chi connectivity index (χ0n) is 15.9. The summed E-state index contributed by atoms with van der Waals surface area (Å²) in [6.45, 7) is 0.898. The van der Waals surface area contributed by atoms with Crippen molar-refractivity contribution in [3.63, 3.8) is 0 Å². The summed E-state index contributed by atoms with van der Waals surface area (Å²) in [5.41, 5.74) is 2.88. The molecule has 0 saturated carbocycles. The maximum Gasteiger partial charge on any atom is 0.0462 e. The maximum atomic E-state index is 5.17. The molecule has 2 aromatic carbocycles. The van der Waals surface area contributed by atoms with Crippen LogP contribution in [0.15, 0.2) is 60.7 Å². The minimum absolute atomic E-state index is 0.765. The fourth-order valence-electron chi connectivity index (χ4n) is 2.87. The molecule has 0 radical (unpaired) electrons. The van der Waals surface area contributed by atoms with E-state index < -0.39 is 0 Å². The van der Waals surface area contributed by atoms with Gasteiger partial charge in [-0.05, 0) is 36.1 Å². The molecule has 1 unspecified atom stereocenters. The van der Waals surface area contributed by atoms with E-state index in [4.69, 9.17) is 4.74 Å². The van der Waals surface area contributed by atoms with Crippen molar-refractivity contribution < 1.29 is 4.74 Å². The first kappa shape index (κ1) is 21.4. The molecule has 2 aromatic rings. The number of hydrogen-bond acceptors (Lipinski definition) is 3. The minimum atomic E-state index is 0.765. The predicted molar refractivity (Wildman–Crippen MR) is 119 cm³/mol. The molecule has 2 rings (SSSR count). The van der Waals surface area contributed by atoms with Crippen LogP contribution in [0.5, 0.6) is 0 Å². The van der Waals surface area contributed by atoms with Crippen LogP contribution in [-0.2, 0) is 16.2 Å². The summed E-state index contributed by atoms with van der Waals surface area (Å²) >= 11 is 4.21. The van der Waals surface area contributed by atoms with Crippen LogP contribution in [-0.4, -0.2) is 24.7 Å². The van der Waals surface area contributed by atoms with Crippen LogP contribution in [0.4, 0.5) is 0 Å². The lowest BCUT2D eigenvalue weighted by atomic mass is 10.1. The lowest BCUT2D eigenvalue weighted by Crippen LogP contribution is -2.06. The Morgan fingerprint density at radius 3 is 2.08 bits per heavy atom. The topological polar surface area (TPSA) is 9.23 Å². The second-order valence-corrected chi connectivity index (χ2v) is 8.98. The first-order valence-electron chi connectivity index (χ1n) is 9.64. The fraction of sp³-hybridized carbons (Fsp3) is 0.478. The van der Waals surface area contributed by atoms with Crippen molar-refractivity contribution in [1.82, 2.24) is 0 Å². The van der Waals surface area contributed by atoms with Crippen molar-refractivity contribution in [1.29, 1.82) is 0 Å². The van der Waals surface area contributed by atoms with E-state index in [0.29, 0.717) is 0 Å². The molecule has 0 fully saturated rings. The summed E-state index contributed by atoms with van der Waals surface area (Å²) in [4.78, 5) is 0. The maximum absolute atomic E-state index is 5.17. The van der Waals surface area contributed by atoms with Crippen molar-refractivity contribution in [2.45, 2.75) is 48.9 Å². The summed E-state index contributed by atoms with van der Waals surface area (Å²) in [5, 5.41) is 0.765. The smallest absolute Gasteiger partial charge is 0.0462 e. The van der Waals surface area contributed by atoms with Crippen LogP contribution in [0, 0.1) is 0 Å². The van der Waals surface area contributed by atoms with Gasteiger partial charge >= 0.3 is 0 Å². The van der Waals surface area contributed by atoms with Gasteiger partial charge in [-0.25, -0.2) is 0 Å². The van der Waals surface area contributed by atoms with Gasteiger partial charge < -0.3 is 4.74 Å². The first-order chi connectivity index (χ1) is 12.9. The third-order valence-corrected chi connectivity index (χ3v) is 6.90. The molecule has 26 heavy (non-hydrogen) atoms. The molecule has 3 heteroatoms. The van der Waals surface area contributed by atoms with Crippen molar-refractivity contribution in [3.05, 3.63) is 71.8 Å². The van der Waals surface area contributed by atoms with Crippen LogP contribution in [0.3, 0.4) is 0 Å². The van der Waals surface area contributed by atoms with Crippen molar-refractivity contribution in [2.75, 3.05) is 19.5 Å². The minimum Gasteiger partial charge on any atom is -0.385 e. The van der Waals surface area contributed by atoms with Gasteiger partial charge in [-0.3, -0.25) is 0 Å². The highest BCUT2D eigenvalue weighted by Crippen LogP contribution is 2.27. The molecule has 0 saturated heterocycles. The Balaban J connectivity index is 1.70. The summed E-state index contributed by atoms with van der Waals surface area (Å²) in [5.74, 6) is 3.51. The van der Waals surface area contributed by atoms with Crippen molar-refractivity contribution in [3.8, 4) is 0 Å². The molecule has 0 spiro atoms. The Morgan fingerprint density at radius 1 is 0.769 bits per heavy atom. The normalized spacial score (nSPS) is 12.2. The fourth-order valence-corrected chi connectivity index (χ4v) is 5.28. The van der Waals surface area contributed by atoms with Gasteiger partial charge in [0.25, 0.3) is 0 Å². The standard InChI is InChI=1S/C23H32OS2/c1-24-17-10-4-9-15-23(26-20-22-13-7-3-8-14-22)16-18-25-19-21-11-5-2-6-12-21/h2-3,5-8,11-14,23H,4,9-10,15-20H2,1H3. The monoisotopic (exact) mass is 388 g/mol. The number of methoxy groups -OCH3 is 1. The van der Waals surface area contributed by atoms with Gasteiger partial charge in [0.05, 0.1) is 0 Å². The third kappa shape index (κ3) is 9.70. The molecule has 1 nitrogen and oxygen atoms in total. The van der Waals surface area contributed by atoms with Crippen molar-refractivity contribution >= 4 is 23.5 Å². The van der Waals surface area contributed by atoms with E-state index in [9.17, 15) is 0 Å². The van der Waals surface area contributed by atoms with Crippen LogP contribution in [0.25, 0.3) is 0 Å². The number of rotatable bonds is 14. The van der Waals surface area contributed by atoms with E-state index in [1.807, 2.05) is 0 Å². The lowest BCUT2D eigenvalue weighted by Gasteiger charge is -2.17. The first-order valence-corrected chi connectivity index (χ1v) is 11.8. The lowest BCUT2D eigenvalue weighted by molar-refractivity contribution is 0.192. The molecule has 0 aliphatic carbocycles. The summed E-state index contributed by atoms with van der Waals surface area (Å²) < 4.78 is 5.17. The number of thioether (sulfide) groups is 2. The Bertz CT molecular complexity index is 559. The molecule has 0 heterocycles. The van der Waals surface area contributed by atoms with Gasteiger partial charge in [0, 0.05) is 30.5 Å². The van der Waals surface area contributed by atoms with E-state index >= 15 is 0 Å². The van der Waals surface area contributed by atoms with Gasteiger partial charge in [0.2, 0.25) is 0 Å². The molecule has 0 aliphatic rings. The molecule has 0 N–H and O–H groups in total. The number of benzene rings is 2. The van der Waals surface area contributed by atoms with E-state index in [1.54, 1.807) is 7.11 Å². The summed E-state index contributed by atoms with van der Waals surface area (Å²) in [6, 6.07) is 21.7. The Morgan fingerprint density at radius 2 is 1.42 bits per heavy atom. The molecular formula is C23H32OS2. The summed E-state index contributed by atoms with van der Waals surface area (Å²) in [7, 11) is 1.79. The largest absolute Gasteiger partial charge is 0.385 e. The van der Waals surface area contributed by atoms with Crippen LogP contribution in [0.2, 0.25) is 0 Å². The molecule has 0 amide bonds. The number of hydrogen-bond donors (Lipinski definition) is 0. The SMILES string of the molecule is COCCCCCC(CCSCc1ccccc1)SCc1ccccc1. The van der Waals surface area contributed by atoms with Crippen LogP contribution >= 0.6 is 23.5 Å². The summed E-state index contributed by atoms with van der Waals surface area (Å²) in [6.07, 6.45) is 6.42. The Hall–Kier alpha value is -0.900. The van der Waals surface area contributed by atoms with Gasteiger partial charge in [-0.1, -0.05) is 73.5 Å². The zero-order valence-corrected chi connectivity index (χ0v) is 17.6. The highest BCUT2D eigenvalue weighted by atomic mass is 32.2. The van der Waals surface area contributed by atoms with Crippen molar-refractivity contribution in [2.24, 2.45) is 0 Å². The van der Waals surface area contributed by atoms with Gasteiger partial charge in [-0.2, -0.15) is 23.5 Å². The second kappa shape index (κ2) is 14.2. The van der Waals surface area contributed by atoms with Crippen LogP contribution < -0.4 is 0 Å². The third-order valence-electron chi connectivity index (χ3n) is 4.40. The average Bonchev–Trinajstić information content (AvgIpc) is 2.70. The van der Waals surface area contributed by atoms with E-state index in [1.165, 1.54) is 49.0 Å². The Kier molecular flexibility index (Phi) is 11.7. The average molecular weight is 389 g/mol. The quantitative estimate of drug-likeness (QED) is 0.329. The number of unbranched alkanes of at least 4 members (excludes halogenated alkanes) is 2. The Labute approximate surface area is 168 Å². The molecule has 1 atom stereocenters. The zero-order chi connectivity index (χ0) is 18.3. The number of ether oxygens (including phenoxy) is 1. The molecular weight excluding hydrogens is 356 g/mol. The van der Waals surface area contributed by atoms with Crippen LogP contribution in [0.1, 0.15) is 43.2 Å². The second-order valence-electron chi connectivity index (χ2n) is 6.59. The van der Waals surface area contributed by atoms with Gasteiger partial charge in [-0.15, -0.1) is 0 Å². The molecule has 0 aromatic heterocycles. The molecule has 0 aliphatic heterocycles. The highest BCUT2D eigenvalue weighted by molar-refractivity contribution is 7.99. The van der Waals surface area contributed by atoms with Gasteiger partial charge in [0.15, 0.2) is 0 Å².